The van der Waals surface area contributed by atoms with Crippen molar-refractivity contribution in [2.75, 3.05) is 26.7 Å². The number of likely N-dealkylation sites (tertiary alicyclic amines) is 1. The minimum Gasteiger partial charge on any atom is -0.468 e. The highest BCUT2D eigenvalue weighted by atomic mass is 127. The molecule has 1 aromatic rings. The number of nitrogens with zero attached hydrogens (tertiary/aromatic N) is 3. The predicted molar refractivity (Wildman–Crippen MR) is 121 cm³/mol. The van der Waals surface area contributed by atoms with Crippen molar-refractivity contribution in [2.24, 2.45) is 4.99 Å². The van der Waals surface area contributed by atoms with Gasteiger partial charge in [-0.2, -0.15) is 13.2 Å². The van der Waals surface area contributed by atoms with Crippen LogP contribution in [-0.2, 0) is 11.3 Å². The van der Waals surface area contributed by atoms with E-state index in [9.17, 15) is 18.0 Å². The van der Waals surface area contributed by atoms with Crippen molar-refractivity contribution < 1.29 is 27.4 Å². The number of alkyl carbamates (subject to hydrolysis) is 1. The Morgan fingerprint density at radius 1 is 1.35 bits per heavy atom. The van der Waals surface area contributed by atoms with E-state index in [-0.39, 0.29) is 42.4 Å². The maximum Gasteiger partial charge on any atom is 0.422 e. The fourth-order valence-corrected chi connectivity index (χ4v) is 2.89. The Kier molecular flexibility index (Phi) is 10.1. The number of hydrogen-bond acceptors (Lipinski definition) is 5. The highest BCUT2D eigenvalue weighted by Crippen LogP contribution is 2.20. The molecule has 1 saturated heterocycles. The third kappa shape index (κ3) is 9.78. The summed E-state index contributed by atoms with van der Waals surface area (Å²) in [6, 6.07) is 3.16. The maximum atomic E-state index is 12.4. The Hall–Kier alpha value is -1.99. The van der Waals surface area contributed by atoms with Crippen LogP contribution in [0.15, 0.2) is 23.3 Å². The van der Waals surface area contributed by atoms with Gasteiger partial charge in [0.05, 0.1) is 6.04 Å². The Morgan fingerprint density at radius 2 is 2.06 bits per heavy atom. The van der Waals surface area contributed by atoms with Crippen LogP contribution >= 0.6 is 24.0 Å². The highest BCUT2D eigenvalue weighted by Gasteiger charge is 2.30. The van der Waals surface area contributed by atoms with E-state index in [2.05, 4.69) is 20.6 Å². The molecule has 31 heavy (non-hydrogen) atoms. The first kappa shape index (κ1) is 27.0. The number of hydrogen-bond donors (Lipinski definition) is 2. The normalized spacial score (nSPS) is 17.1. The van der Waals surface area contributed by atoms with Gasteiger partial charge in [0.2, 0.25) is 5.88 Å². The second kappa shape index (κ2) is 11.6. The minimum atomic E-state index is -4.44. The summed E-state index contributed by atoms with van der Waals surface area (Å²) in [5.41, 5.74) is -0.0965. The van der Waals surface area contributed by atoms with E-state index >= 15 is 0 Å². The van der Waals surface area contributed by atoms with Crippen LogP contribution in [0.25, 0.3) is 0 Å². The zero-order valence-corrected chi connectivity index (χ0v) is 20.3. The second-order valence-corrected chi connectivity index (χ2v) is 7.85. The number of pyridine rings is 1. The number of halogens is 4. The molecule has 2 N–H and O–H groups in total. The quantitative estimate of drug-likeness (QED) is 0.327. The molecule has 2 heterocycles. The Labute approximate surface area is 197 Å². The van der Waals surface area contributed by atoms with Gasteiger partial charge in [-0.05, 0) is 33.3 Å². The highest BCUT2D eigenvalue weighted by molar-refractivity contribution is 14.0. The summed E-state index contributed by atoms with van der Waals surface area (Å²) < 4.78 is 47.4. The van der Waals surface area contributed by atoms with Crippen LogP contribution in [0.4, 0.5) is 18.0 Å². The molecule has 1 atom stereocenters. The van der Waals surface area contributed by atoms with E-state index in [1.165, 1.54) is 6.20 Å². The first-order chi connectivity index (χ1) is 14.0. The van der Waals surface area contributed by atoms with E-state index < -0.39 is 24.5 Å². The van der Waals surface area contributed by atoms with E-state index in [0.717, 1.165) is 0 Å². The fraction of sp³-hybridized carbons (Fsp3) is 0.632. The first-order valence-electron chi connectivity index (χ1n) is 9.55. The van der Waals surface area contributed by atoms with E-state index in [1.807, 2.05) is 4.90 Å². The molecule has 0 radical (unpaired) electrons. The molecule has 0 bridgehead atoms. The number of carbonyl (C=O) groups is 1. The average molecular weight is 559 g/mol. The Bertz CT molecular complexity index is 756. The van der Waals surface area contributed by atoms with Crippen LogP contribution in [0, 0.1) is 0 Å². The molecule has 2 rings (SSSR count). The van der Waals surface area contributed by atoms with Gasteiger partial charge in [0, 0.05) is 38.4 Å². The van der Waals surface area contributed by atoms with Crippen LogP contribution in [0.5, 0.6) is 5.88 Å². The molecule has 0 aromatic carbocycles. The van der Waals surface area contributed by atoms with Gasteiger partial charge < -0.3 is 25.0 Å². The lowest BCUT2D eigenvalue weighted by molar-refractivity contribution is -0.154. The number of aliphatic imine (C=N–C) groups is 1. The molecule has 1 aliphatic rings. The third-order valence-electron chi connectivity index (χ3n) is 4.08. The molecule has 1 amide bonds. The summed E-state index contributed by atoms with van der Waals surface area (Å²) in [6.45, 7) is 5.36. The SMILES string of the molecule is CN=C(NCc1cccnc1OCC(F)(F)F)N1CCC(NC(=O)OC(C)(C)C)C1.I. The lowest BCUT2D eigenvalue weighted by atomic mass is 10.2. The number of guanidine groups is 1. The smallest absolute Gasteiger partial charge is 0.422 e. The van der Waals surface area contributed by atoms with Crippen LogP contribution in [0.1, 0.15) is 32.8 Å². The summed E-state index contributed by atoms with van der Waals surface area (Å²) in [5.74, 6) is 0.484. The van der Waals surface area contributed by atoms with Crippen LogP contribution in [0.3, 0.4) is 0 Å². The summed E-state index contributed by atoms with van der Waals surface area (Å²) >= 11 is 0. The topological polar surface area (TPSA) is 88.1 Å². The molecule has 1 aliphatic heterocycles. The van der Waals surface area contributed by atoms with E-state index in [4.69, 9.17) is 9.47 Å². The molecule has 0 saturated carbocycles. The van der Waals surface area contributed by atoms with Crippen molar-refractivity contribution in [3.8, 4) is 5.88 Å². The van der Waals surface area contributed by atoms with Crippen molar-refractivity contribution in [1.29, 1.82) is 0 Å². The van der Waals surface area contributed by atoms with Gasteiger partial charge in [-0.25, -0.2) is 9.78 Å². The predicted octanol–water partition coefficient (Wildman–Crippen LogP) is 3.32. The first-order valence-corrected chi connectivity index (χ1v) is 9.55. The number of rotatable bonds is 5. The summed E-state index contributed by atoms with van der Waals surface area (Å²) in [5, 5.41) is 5.94. The lowest BCUT2D eigenvalue weighted by Crippen LogP contribution is -2.44. The maximum absolute atomic E-state index is 12.4. The summed E-state index contributed by atoms with van der Waals surface area (Å²) in [4.78, 5) is 22.0. The van der Waals surface area contributed by atoms with Crippen LogP contribution in [-0.4, -0.2) is 66.5 Å². The van der Waals surface area contributed by atoms with Crippen molar-refractivity contribution in [3.05, 3.63) is 23.9 Å². The largest absolute Gasteiger partial charge is 0.468 e. The molecule has 176 valence electrons. The second-order valence-electron chi connectivity index (χ2n) is 7.85. The molecule has 1 aromatic heterocycles. The van der Waals surface area contributed by atoms with Gasteiger partial charge in [0.1, 0.15) is 5.60 Å². The zero-order valence-electron chi connectivity index (χ0n) is 18.0. The minimum absolute atomic E-state index is 0. The average Bonchev–Trinajstić information content (AvgIpc) is 3.07. The molecule has 12 heteroatoms. The zero-order chi connectivity index (χ0) is 22.4. The third-order valence-corrected chi connectivity index (χ3v) is 4.08. The number of aromatic nitrogens is 1. The standard InChI is InChI=1S/C19H28F3N5O3.HI/c1-18(2,3)30-17(28)26-14-7-9-27(11-14)16(23-4)25-10-13-6-5-8-24-15(13)29-12-19(20,21)22;/h5-6,8,14H,7,9-12H2,1-4H3,(H,23,25)(H,26,28);1H. The molecule has 0 aliphatic carbocycles. The molecule has 8 nitrogen and oxygen atoms in total. The molecule has 0 spiro atoms. The van der Waals surface area contributed by atoms with Crippen molar-refractivity contribution in [3.63, 3.8) is 0 Å². The number of nitrogens with one attached hydrogen (secondary N) is 2. The van der Waals surface area contributed by atoms with Crippen LogP contribution < -0.4 is 15.4 Å². The number of carbonyl (C=O) groups excluding carboxylic acids is 1. The number of amides is 1. The van der Waals surface area contributed by atoms with Crippen molar-refractivity contribution >= 4 is 36.0 Å². The summed E-state index contributed by atoms with van der Waals surface area (Å²) in [6.07, 6.45) is -2.83. The fourth-order valence-electron chi connectivity index (χ4n) is 2.89. The van der Waals surface area contributed by atoms with E-state index in [1.54, 1.807) is 40.0 Å². The van der Waals surface area contributed by atoms with Gasteiger partial charge in [0.25, 0.3) is 0 Å². The van der Waals surface area contributed by atoms with Gasteiger partial charge >= 0.3 is 12.3 Å². The molecule has 1 unspecified atom stereocenters. The summed E-state index contributed by atoms with van der Waals surface area (Å²) in [7, 11) is 1.61. The molecular weight excluding hydrogens is 530 g/mol. The van der Waals surface area contributed by atoms with Crippen LogP contribution in [0.2, 0.25) is 0 Å². The van der Waals surface area contributed by atoms with Crippen molar-refractivity contribution in [1.82, 2.24) is 20.5 Å². The van der Waals surface area contributed by atoms with Gasteiger partial charge in [0.15, 0.2) is 12.6 Å². The monoisotopic (exact) mass is 559 g/mol. The Balaban J connectivity index is 0.00000480. The molecule has 1 fully saturated rings. The van der Waals surface area contributed by atoms with Gasteiger partial charge in [-0.1, -0.05) is 6.07 Å². The van der Waals surface area contributed by atoms with Gasteiger partial charge in [-0.3, -0.25) is 4.99 Å². The van der Waals surface area contributed by atoms with Gasteiger partial charge in [-0.15, -0.1) is 24.0 Å². The lowest BCUT2D eigenvalue weighted by Gasteiger charge is -2.23. The molecular formula is C19H29F3IN5O3. The number of ether oxygens (including phenoxy) is 2. The number of alkyl halides is 3. The van der Waals surface area contributed by atoms with Crippen molar-refractivity contribution in [2.45, 2.75) is 51.6 Å². The van der Waals surface area contributed by atoms with E-state index in [0.29, 0.717) is 31.0 Å². The Morgan fingerprint density at radius 3 is 2.68 bits per heavy atom.